The Kier molecular flexibility index (Phi) is 4.17. The molecule has 2 aromatic rings. The molecule has 1 heterocycles. The minimum absolute atomic E-state index is 0.0803. The molecule has 1 aliphatic rings. The summed E-state index contributed by atoms with van der Waals surface area (Å²) >= 11 is 0. The lowest BCUT2D eigenvalue weighted by atomic mass is 10.2. The Hall–Kier alpha value is -2.60. The molecule has 1 aliphatic heterocycles. The lowest BCUT2D eigenvalue weighted by Gasteiger charge is -2.00. The minimum Gasteiger partial charge on any atom is -0.508 e. The number of hydrogen-bond donors (Lipinski definition) is 4. The molecule has 2 aromatic carbocycles. The van der Waals surface area contributed by atoms with Crippen molar-refractivity contribution >= 4 is 5.69 Å². The van der Waals surface area contributed by atoms with Gasteiger partial charge < -0.3 is 30.5 Å². The number of benzene rings is 2. The van der Waals surface area contributed by atoms with Gasteiger partial charge in [0.1, 0.15) is 11.5 Å². The quantitative estimate of drug-likeness (QED) is 0.466. The van der Waals surface area contributed by atoms with Crippen LogP contribution in [0.5, 0.6) is 23.0 Å². The Morgan fingerprint density at radius 1 is 1.00 bits per heavy atom. The normalized spacial score (nSPS) is 11.7. The molecule has 0 radical (unpaired) electrons. The van der Waals surface area contributed by atoms with Crippen LogP contribution in [0.2, 0.25) is 0 Å². The van der Waals surface area contributed by atoms with Crippen LogP contribution in [0.3, 0.4) is 0 Å². The van der Waals surface area contributed by atoms with Gasteiger partial charge in [-0.1, -0.05) is 0 Å². The third-order valence-corrected chi connectivity index (χ3v) is 2.63. The second-order valence-corrected chi connectivity index (χ2v) is 4.08. The van der Waals surface area contributed by atoms with Crippen LogP contribution in [0, 0.1) is 0 Å². The average molecular weight is 277 g/mol. The molecule has 3 rings (SSSR count). The summed E-state index contributed by atoms with van der Waals surface area (Å²) in [6.45, 7) is 0.0651. The van der Waals surface area contributed by atoms with Crippen molar-refractivity contribution in [1.82, 2.24) is 0 Å². The molecule has 0 amide bonds. The number of phenolic OH excluding ortho intramolecular Hbond substituents is 1. The number of hydrogen-bond acceptors (Lipinski definition) is 6. The number of aliphatic hydroxyl groups excluding tert-OH is 1. The Bertz CT molecular complexity index is 591. The number of phenols is 2. The maximum Gasteiger partial charge on any atom is 0.231 e. The third kappa shape index (κ3) is 3.24. The molecule has 20 heavy (non-hydrogen) atoms. The van der Waals surface area contributed by atoms with Crippen molar-refractivity contribution in [2.45, 2.75) is 6.61 Å². The van der Waals surface area contributed by atoms with Crippen LogP contribution in [0.4, 0.5) is 5.69 Å². The maximum absolute atomic E-state index is 9.02. The summed E-state index contributed by atoms with van der Waals surface area (Å²) in [5.74, 6) is 1.58. The predicted octanol–water partition coefficient (Wildman–Crippen LogP) is 1.59. The summed E-state index contributed by atoms with van der Waals surface area (Å²) in [5.41, 5.74) is 6.38. The van der Waals surface area contributed by atoms with E-state index in [1.54, 1.807) is 18.2 Å². The van der Waals surface area contributed by atoms with Gasteiger partial charge in [-0.3, -0.25) is 0 Å². The van der Waals surface area contributed by atoms with Gasteiger partial charge in [0, 0.05) is 17.3 Å². The molecule has 0 atom stereocenters. The number of fused-ring (bicyclic) bond motifs is 1. The van der Waals surface area contributed by atoms with E-state index in [0.717, 1.165) is 0 Å². The van der Waals surface area contributed by atoms with Crippen LogP contribution in [-0.4, -0.2) is 22.1 Å². The van der Waals surface area contributed by atoms with E-state index in [-0.39, 0.29) is 24.9 Å². The largest absolute Gasteiger partial charge is 0.508 e. The van der Waals surface area contributed by atoms with Gasteiger partial charge in [0.25, 0.3) is 0 Å². The summed E-state index contributed by atoms with van der Waals surface area (Å²) in [6, 6.07) is 9.35. The highest BCUT2D eigenvalue weighted by atomic mass is 16.7. The van der Waals surface area contributed by atoms with Gasteiger partial charge >= 0.3 is 0 Å². The molecule has 0 aromatic heterocycles. The third-order valence-electron chi connectivity index (χ3n) is 2.63. The molecule has 0 saturated carbocycles. The number of nitrogen functional groups attached to an aromatic ring is 1. The Balaban J connectivity index is 0.000000147. The summed E-state index contributed by atoms with van der Waals surface area (Å²) in [7, 11) is 0. The lowest BCUT2D eigenvalue weighted by Crippen LogP contribution is -1.92. The number of ether oxygens (including phenoxy) is 2. The summed E-state index contributed by atoms with van der Waals surface area (Å²) < 4.78 is 10.0. The maximum atomic E-state index is 9.02. The average Bonchev–Trinajstić information content (AvgIpc) is 2.89. The van der Waals surface area contributed by atoms with E-state index in [0.29, 0.717) is 22.7 Å². The SMILES string of the molecule is Nc1ccc(O)c(CO)c1.Oc1ccc2c(c1)OCO2. The predicted molar refractivity (Wildman–Crippen MR) is 72.7 cm³/mol. The van der Waals surface area contributed by atoms with Gasteiger partial charge in [-0.2, -0.15) is 0 Å². The van der Waals surface area contributed by atoms with Gasteiger partial charge in [0.15, 0.2) is 11.5 Å². The minimum atomic E-state index is -0.184. The molecule has 0 aliphatic carbocycles. The molecule has 5 N–H and O–H groups in total. The second-order valence-electron chi connectivity index (χ2n) is 4.08. The highest BCUT2D eigenvalue weighted by Crippen LogP contribution is 2.34. The number of aromatic hydroxyl groups is 2. The van der Waals surface area contributed by atoms with E-state index in [9.17, 15) is 0 Å². The van der Waals surface area contributed by atoms with Crippen molar-refractivity contribution in [3.63, 3.8) is 0 Å². The summed E-state index contributed by atoms with van der Waals surface area (Å²) in [6.07, 6.45) is 0. The second kappa shape index (κ2) is 6.03. The van der Waals surface area contributed by atoms with Crippen LogP contribution in [0.15, 0.2) is 36.4 Å². The molecule has 6 nitrogen and oxygen atoms in total. The molecule has 0 bridgehead atoms. The smallest absolute Gasteiger partial charge is 0.231 e. The van der Waals surface area contributed by atoms with Crippen molar-refractivity contribution in [3.05, 3.63) is 42.0 Å². The van der Waals surface area contributed by atoms with E-state index in [1.165, 1.54) is 18.2 Å². The first kappa shape index (κ1) is 13.8. The Labute approximate surface area is 115 Å². The van der Waals surface area contributed by atoms with E-state index >= 15 is 0 Å². The zero-order chi connectivity index (χ0) is 14.5. The molecule has 0 unspecified atom stereocenters. The van der Waals surface area contributed by atoms with Crippen LogP contribution in [0.1, 0.15) is 5.56 Å². The number of anilines is 1. The Morgan fingerprint density at radius 3 is 2.45 bits per heavy atom. The Morgan fingerprint density at radius 2 is 1.75 bits per heavy atom. The van der Waals surface area contributed by atoms with Crippen molar-refractivity contribution in [2.24, 2.45) is 0 Å². The van der Waals surface area contributed by atoms with Crippen molar-refractivity contribution in [3.8, 4) is 23.0 Å². The molecular formula is C14H15NO5. The zero-order valence-corrected chi connectivity index (χ0v) is 10.6. The van der Waals surface area contributed by atoms with Crippen LogP contribution in [0.25, 0.3) is 0 Å². The number of nitrogens with two attached hydrogens (primary N) is 1. The van der Waals surface area contributed by atoms with Crippen LogP contribution >= 0.6 is 0 Å². The first-order valence-electron chi connectivity index (χ1n) is 5.87. The van der Waals surface area contributed by atoms with E-state index in [2.05, 4.69) is 0 Å². The monoisotopic (exact) mass is 277 g/mol. The van der Waals surface area contributed by atoms with Gasteiger partial charge in [-0.15, -0.1) is 0 Å². The van der Waals surface area contributed by atoms with Gasteiger partial charge in [-0.05, 0) is 30.3 Å². The van der Waals surface area contributed by atoms with Crippen molar-refractivity contribution in [2.75, 3.05) is 12.5 Å². The van der Waals surface area contributed by atoms with Crippen LogP contribution in [-0.2, 0) is 6.61 Å². The molecular weight excluding hydrogens is 262 g/mol. The summed E-state index contributed by atoms with van der Waals surface area (Å²) in [5, 5.41) is 26.6. The van der Waals surface area contributed by atoms with Gasteiger partial charge in [0.05, 0.1) is 6.61 Å². The highest BCUT2D eigenvalue weighted by Gasteiger charge is 2.12. The molecule has 6 heteroatoms. The first-order chi connectivity index (χ1) is 9.60. The van der Waals surface area contributed by atoms with E-state index in [1.807, 2.05) is 0 Å². The fraction of sp³-hybridized carbons (Fsp3) is 0.143. The fourth-order valence-electron chi connectivity index (χ4n) is 1.62. The summed E-state index contributed by atoms with van der Waals surface area (Å²) in [4.78, 5) is 0. The number of aliphatic hydroxyl groups is 1. The standard InChI is InChI=1S/C7H9NO2.C7H6O3/c8-6-1-2-7(10)5(3-6)4-9;8-5-1-2-6-7(3-5)10-4-9-6/h1-3,9-10H,4,8H2;1-3,8H,4H2. The molecule has 0 saturated heterocycles. The van der Waals surface area contributed by atoms with Crippen LogP contribution < -0.4 is 15.2 Å². The van der Waals surface area contributed by atoms with Gasteiger partial charge in [0.2, 0.25) is 6.79 Å². The molecule has 0 fully saturated rings. The van der Waals surface area contributed by atoms with Crippen molar-refractivity contribution in [1.29, 1.82) is 0 Å². The molecule has 0 spiro atoms. The van der Waals surface area contributed by atoms with E-state index < -0.39 is 0 Å². The van der Waals surface area contributed by atoms with Crippen molar-refractivity contribution < 1.29 is 24.8 Å². The zero-order valence-electron chi connectivity index (χ0n) is 10.6. The highest BCUT2D eigenvalue weighted by molar-refractivity contribution is 5.47. The fourth-order valence-corrected chi connectivity index (χ4v) is 1.62. The number of rotatable bonds is 1. The first-order valence-corrected chi connectivity index (χ1v) is 5.87. The van der Waals surface area contributed by atoms with E-state index in [4.69, 9.17) is 30.5 Å². The molecule has 106 valence electrons. The topological polar surface area (TPSA) is 105 Å². The lowest BCUT2D eigenvalue weighted by molar-refractivity contribution is 0.174. The van der Waals surface area contributed by atoms with Gasteiger partial charge in [-0.25, -0.2) is 0 Å².